The van der Waals surface area contributed by atoms with E-state index in [4.69, 9.17) is 4.74 Å². The van der Waals surface area contributed by atoms with Crippen molar-refractivity contribution in [1.82, 2.24) is 0 Å². The van der Waals surface area contributed by atoms with Gasteiger partial charge in [-0.2, -0.15) is 0 Å². The molecule has 0 bridgehead atoms. The summed E-state index contributed by atoms with van der Waals surface area (Å²) in [4.78, 5) is 0. The van der Waals surface area contributed by atoms with Crippen molar-refractivity contribution in [3.05, 3.63) is 30.3 Å². The van der Waals surface area contributed by atoms with Crippen molar-refractivity contribution in [3.8, 4) is 17.6 Å². The Hall–Kier alpha value is -1.42. The number of ether oxygens (including phenoxy) is 1. The molecule has 0 aliphatic carbocycles. The van der Waals surface area contributed by atoms with E-state index in [1.54, 1.807) is 0 Å². The van der Waals surface area contributed by atoms with Gasteiger partial charge < -0.3 is 4.74 Å². The van der Waals surface area contributed by atoms with E-state index < -0.39 is 0 Å². The predicted octanol–water partition coefficient (Wildman–Crippen LogP) is 3.11. The van der Waals surface area contributed by atoms with Crippen molar-refractivity contribution in [3.63, 3.8) is 0 Å². The summed E-state index contributed by atoms with van der Waals surface area (Å²) in [7, 11) is 0. The van der Waals surface area contributed by atoms with Gasteiger partial charge >= 0.3 is 0 Å². The van der Waals surface area contributed by atoms with Gasteiger partial charge in [0.2, 0.25) is 0 Å². The molecule has 0 saturated carbocycles. The first kappa shape index (κ1) is 10.7. The highest BCUT2D eigenvalue weighted by Gasteiger charge is 2.02. The molecule has 1 nitrogen and oxygen atoms in total. The van der Waals surface area contributed by atoms with Gasteiger partial charge in [0, 0.05) is 5.41 Å². The molecule has 14 heavy (non-hydrogen) atoms. The lowest BCUT2D eigenvalue weighted by atomic mass is 9.98. The lowest BCUT2D eigenvalue weighted by Crippen LogP contribution is -2.01. The van der Waals surface area contributed by atoms with E-state index in [0.717, 1.165) is 5.75 Å². The van der Waals surface area contributed by atoms with E-state index in [0.29, 0.717) is 6.61 Å². The first-order chi connectivity index (χ1) is 6.58. The molecular weight excluding hydrogens is 172 g/mol. The molecule has 1 aromatic rings. The molecule has 0 atom stereocenters. The lowest BCUT2D eigenvalue weighted by Gasteiger charge is -2.07. The van der Waals surface area contributed by atoms with E-state index in [1.165, 1.54) is 0 Å². The minimum Gasteiger partial charge on any atom is -0.481 e. The average Bonchev–Trinajstić information content (AvgIpc) is 2.13. The van der Waals surface area contributed by atoms with Crippen LogP contribution in [0.15, 0.2) is 30.3 Å². The summed E-state index contributed by atoms with van der Waals surface area (Å²) in [6.45, 7) is 6.72. The Morgan fingerprint density at radius 2 is 1.79 bits per heavy atom. The summed E-state index contributed by atoms with van der Waals surface area (Å²) < 4.78 is 5.43. The third-order valence-electron chi connectivity index (χ3n) is 1.52. The van der Waals surface area contributed by atoms with Crippen LogP contribution in [-0.2, 0) is 0 Å². The number of hydrogen-bond acceptors (Lipinski definition) is 1. The van der Waals surface area contributed by atoms with Gasteiger partial charge in [0.25, 0.3) is 0 Å². The lowest BCUT2D eigenvalue weighted by molar-refractivity contribution is 0.369. The van der Waals surface area contributed by atoms with Crippen molar-refractivity contribution in [2.75, 3.05) is 6.61 Å². The quantitative estimate of drug-likeness (QED) is 0.648. The van der Waals surface area contributed by atoms with Gasteiger partial charge in [-0.25, -0.2) is 0 Å². The summed E-state index contributed by atoms with van der Waals surface area (Å²) in [6, 6.07) is 9.73. The van der Waals surface area contributed by atoms with Crippen molar-refractivity contribution >= 4 is 0 Å². The van der Waals surface area contributed by atoms with Gasteiger partial charge in [-0.15, -0.1) is 0 Å². The Morgan fingerprint density at radius 3 is 2.36 bits per heavy atom. The molecule has 0 N–H and O–H groups in total. The van der Waals surface area contributed by atoms with E-state index >= 15 is 0 Å². The van der Waals surface area contributed by atoms with Crippen molar-refractivity contribution in [2.24, 2.45) is 5.41 Å². The van der Waals surface area contributed by atoms with Gasteiger partial charge in [0.05, 0.1) is 0 Å². The molecule has 74 valence electrons. The Morgan fingerprint density at radius 1 is 1.14 bits per heavy atom. The van der Waals surface area contributed by atoms with Gasteiger partial charge in [0.15, 0.2) is 0 Å². The fourth-order valence-electron chi connectivity index (χ4n) is 0.937. The predicted molar refractivity (Wildman–Crippen MR) is 59.2 cm³/mol. The van der Waals surface area contributed by atoms with Crippen LogP contribution in [0.4, 0.5) is 0 Å². The average molecular weight is 188 g/mol. The number of rotatable bonds is 2. The van der Waals surface area contributed by atoms with E-state index in [1.807, 2.05) is 30.3 Å². The number of benzene rings is 1. The maximum Gasteiger partial charge on any atom is 0.149 e. The highest BCUT2D eigenvalue weighted by atomic mass is 16.5. The smallest absolute Gasteiger partial charge is 0.149 e. The van der Waals surface area contributed by atoms with Crippen LogP contribution in [0, 0.1) is 17.3 Å². The second-order valence-electron chi connectivity index (χ2n) is 4.15. The number of para-hydroxylation sites is 1. The van der Waals surface area contributed by atoms with Crippen LogP contribution in [0.2, 0.25) is 0 Å². The van der Waals surface area contributed by atoms with Crippen LogP contribution in [-0.4, -0.2) is 6.61 Å². The Kier molecular flexibility index (Phi) is 3.59. The second-order valence-corrected chi connectivity index (χ2v) is 4.15. The fourth-order valence-corrected chi connectivity index (χ4v) is 0.937. The van der Waals surface area contributed by atoms with Gasteiger partial charge in [-0.3, -0.25) is 0 Å². The topological polar surface area (TPSA) is 9.23 Å². The second kappa shape index (κ2) is 4.72. The normalized spacial score (nSPS) is 10.2. The molecule has 1 heteroatoms. The van der Waals surface area contributed by atoms with Crippen LogP contribution in [0.5, 0.6) is 5.75 Å². The van der Waals surface area contributed by atoms with E-state index in [-0.39, 0.29) is 5.41 Å². The Labute approximate surface area is 86.1 Å². The molecule has 0 heterocycles. The molecule has 0 unspecified atom stereocenters. The molecule has 0 aliphatic heterocycles. The van der Waals surface area contributed by atoms with Crippen molar-refractivity contribution in [2.45, 2.75) is 20.8 Å². The monoisotopic (exact) mass is 188 g/mol. The minimum absolute atomic E-state index is 0.0556. The Balaban J connectivity index is 2.39. The summed E-state index contributed by atoms with van der Waals surface area (Å²) in [5.41, 5.74) is 0.0556. The summed E-state index contributed by atoms with van der Waals surface area (Å²) in [5.74, 6) is 6.99. The minimum atomic E-state index is 0.0556. The van der Waals surface area contributed by atoms with Gasteiger partial charge in [0.1, 0.15) is 12.4 Å². The summed E-state index contributed by atoms with van der Waals surface area (Å²) in [5, 5.41) is 0. The first-order valence-electron chi connectivity index (χ1n) is 4.76. The molecular formula is C13H16O. The fraction of sp³-hybridized carbons (Fsp3) is 0.385. The highest BCUT2D eigenvalue weighted by molar-refractivity contribution is 5.21. The third kappa shape index (κ3) is 4.57. The third-order valence-corrected chi connectivity index (χ3v) is 1.52. The van der Waals surface area contributed by atoms with E-state index in [2.05, 4.69) is 32.6 Å². The van der Waals surface area contributed by atoms with Crippen molar-refractivity contribution < 1.29 is 4.74 Å². The summed E-state index contributed by atoms with van der Waals surface area (Å²) in [6.07, 6.45) is 0. The molecule has 0 fully saturated rings. The van der Waals surface area contributed by atoms with Crippen LogP contribution < -0.4 is 4.74 Å². The molecule has 1 rings (SSSR count). The molecule has 0 aromatic heterocycles. The molecule has 0 saturated heterocycles. The SMILES string of the molecule is CC(C)(C)C#CCOc1ccccc1. The van der Waals surface area contributed by atoms with Crippen LogP contribution in [0.3, 0.4) is 0 Å². The van der Waals surface area contributed by atoms with Crippen LogP contribution in [0.25, 0.3) is 0 Å². The highest BCUT2D eigenvalue weighted by Crippen LogP contribution is 2.10. The maximum atomic E-state index is 5.43. The molecule has 0 spiro atoms. The summed E-state index contributed by atoms with van der Waals surface area (Å²) >= 11 is 0. The van der Waals surface area contributed by atoms with Crippen LogP contribution >= 0.6 is 0 Å². The molecule has 0 amide bonds. The van der Waals surface area contributed by atoms with Crippen molar-refractivity contribution in [1.29, 1.82) is 0 Å². The van der Waals surface area contributed by atoms with E-state index in [9.17, 15) is 0 Å². The number of hydrogen-bond donors (Lipinski definition) is 0. The zero-order valence-corrected chi connectivity index (χ0v) is 9.00. The van der Waals surface area contributed by atoms with Gasteiger partial charge in [-0.05, 0) is 32.9 Å². The Bertz CT molecular complexity index is 322. The molecule has 0 aliphatic rings. The zero-order chi connectivity index (χ0) is 10.4. The van der Waals surface area contributed by atoms with Gasteiger partial charge in [-0.1, -0.05) is 30.0 Å². The maximum absolute atomic E-state index is 5.43. The largest absolute Gasteiger partial charge is 0.481 e. The first-order valence-corrected chi connectivity index (χ1v) is 4.76. The molecule has 1 aromatic carbocycles. The molecule has 0 radical (unpaired) electrons. The van der Waals surface area contributed by atoms with Crippen LogP contribution in [0.1, 0.15) is 20.8 Å². The standard InChI is InChI=1S/C13H16O/c1-13(2,3)10-7-11-14-12-8-5-4-6-9-12/h4-6,8-9H,11H2,1-3H3. The zero-order valence-electron chi connectivity index (χ0n) is 9.00.